The Morgan fingerprint density at radius 2 is 1.80 bits per heavy atom. The first kappa shape index (κ1) is 24.3. The molecular weight excluding hydrogens is 448 g/mol. The van der Waals surface area contributed by atoms with Crippen LogP contribution in [0.1, 0.15) is 20.8 Å². The topological polar surface area (TPSA) is 140 Å². The quantitative estimate of drug-likeness (QED) is 0.531. The van der Waals surface area contributed by atoms with Crippen LogP contribution in [0, 0.1) is 0 Å². The third-order valence-electron chi connectivity index (χ3n) is 4.15. The molecule has 0 fully saturated rings. The molecule has 1 atom stereocenters. The van der Waals surface area contributed by atoms with Crippen LogP contribution in [0.3, 0.4) is 0 Å². The first-order valence-corrected chi connectivity index (χ1v) is 12.9. The summed E-state index contributed by atoms with van der Waals surface area (Å²) in [6.07, 6.45) is 1.27. The lowest BCUT2D eigenvalue weighted by molar-refractivity contribution is -0.115. The number of carbonyl (C=O) groups excluding carboxylic acids is 1. The first-order chi connectivity index (χ1) is 14.0. The summed E-state index contributed by atoms with van der Waals surface area (Å²) in [5, 5.41) is 7.64. The Labute approximate surface area is 181 Å². The number of aromatic nitrogens is 1. The van der Waals surface area contributed by atoms with E-state index in [1.807, 2.05) is 0 Å². The molecular formula is C18H24N4O5S3. The molecule has 0 aliphatic rings. The van der Waals surface area contributed by atoms with Crippen LogP contribution in [0.15, 0.2) is 57.4 Å². The molecule has 0 aliphatic carbocycles. The number of hydrogen-bond acceptors (Lipinski definition) is 7. The Kier molecular flexibility index (Phi) is 7.99. The number of hydrogen-bond donors (Lipinski definition) is 2. The molecule has 0 bridgehead atoms. The third kappa shape index (κ3) is 6.01. The number of anilines is 1. The number of nitrogens with one attached hydrogen (secondary N) is 1. The van der Waals surface area contributed by atoms with Crippen molar-refractivity contribution in [1.82, 2.24) is 9.29 Å². The van der Waals surface area contributed by atoms with Crippen LogP contribution in [0.2, 0.25) is 0 Å². The molecule has 0 spiro atoms. The summed E-state index contributed by atoms with van der Waals surface area (Å²) in [5.74, 6) is -0.367. The van der Waals surface area contributed by atoms with Crippen molar-refractivity contribution >= 4 is 43.4 Å². The molecule has 12 heteroatoms. The first-order valence-electron chi connectivity index (χ1n) is 9.05. The van der Waals surface area contributed by atoms with Gasteiger partial charge in [-0.25, -0.2) is 27.0 Å². The average Bonchev–Trinajstić information content (AvgIpc) is 2.68. The summed E-state index contributed by atoms with van der Waals surface area (Å²) < 4.78 is 49.2. The van der Waals surface area contributed by atoms with Gasteiger partial charge in [-0.15, -0.1) is 0 Å². The Hall–Kier alpha value is -1.99. The van der Waals surface area contributed by atoms with Crippen LogP contribution in [-0.4, -0.2) is 50.4 Å². The van der Waals surface area contributed by atoms with Crippen molar-refractivity contribution in [3.8, 4) is 0 Å². The van der Waals surface area contributed by atoms with E-state index >= 15 is 0 Å². The number of benzene rings is 1. The standard InChI is InChI=1S/C18H24N4O5S3/c1-4-22(5-2)30(26,27)16-9-10-17(20-12-16)28-13(3)18(23)21-14-7-6-8-15(11-14)29(19,24)25/h6-13H,4-5H2,1-3H3,(H,21,23)(H2,19,24,25)/t13-/m1/s1. The van der Waals surface area contributed by atoms with E-state index in [-0.39, 0.29) is 15.7 Å². The molecule has 0 aliphatic heterocycles. The minimum absolute atomic E-state index is 0.0902. The molecule has 1 aromatic heterocycles. The molecule has 3 N–H and O–H groups in total. The summed E-state index contributed by atoms with van der Waals surface area (Å²) in [6, 6.07) is 8.64. The number of amides is 1. The van der Waals surface area contributed by atoms with E-state index in [0.717, 1.165) is 11.8 Å². The summed E-state index contributed by atoms with van der Waals surface area (Å²) in [7, 11) is -7.47. The van der Waals surface area contributed by atoms with Crippen LogP contribution in [0.5, 0.6) is 0 Å². The lowest BCUT2D eigenvalue weighted by Gasteiger charge is -2.18. The van der Waals surface area contributed by atoms with Gasteiger partial charge in [0.1, 0.15) is 4.90 Å². The van der Waals surface area contributed by atoms with Crippen molar-refractivity contribution in [2.45, 2.75) is 40.8 Å². The lowest BCUT2D eigenvalue weighted by atomic mass is 10.3. The van der Waals surface area contributed by atoms with Gasteiger partial charge in [-0.3, -0.25) is 4.79 Å². The van der Waals surface area contributed by atoms with E-state index in [9.17, 15) is 21.6 Å². The fraction of sp³-hybridized carbons (Fsp3) is 0.333. The van der Waals surface area contributed by atoms with E-state index in [4.69, 9.17) is 5.14 Å². The summed E-state index contributed by atoms with van der Waals surface area (Å²) in [5.41, 5.74) is 0.299. The van der Waals surface area contributed by atoms with E-state index in [1.165, 1.54) is 34.8 Å². The zero-order valence-electron chi connectivity index (χ0n) is 16.8. The lowest BCUT2D eigenvalue weighted by Crippen LogP contribution is -2.30. The molecule has 0 unspecified atom stereocenters. The molecule has 1 amide bonds. The van der Waals surface area contributed by atoms with Crippen LogP contribution < -0.4 is 10.5 Å². The van der Waals surface area contributed by atoms with E-state index < -0.39 is 25.3 Å². The van der Waals surface area contributed by atoms with Crippen molar-refractivity contribution in [3.05, 3.63) is 42.6 Å². The van der Waals surface area contributed by atoms with E-state index in [1.54, 1.807) is 32.9 Å². The largest absolute Gasteiger partial charge is 0.325 e. The van der Waals surface area contributed by atoms with Crippen molar-refractivity contribution in [2.24, 2.45) is 5.14 Å². The van der Waals surface area contributed by atoms with Crippen molar-refractivity contribution < 1.29 is 21.6 Å². The number of pyridine rings is 1. The zero-order chi connectivity index (χ0) is 22.5. The molecule has 0 saturated heterocycles. The van der Waals surface area contributed by atoms with Gasteiger partial charge < -0.3 is 5.32 Å². The van der Waals surface area contributed by atoms with Crippen molar-refractivity contribution in [2.75, 3.05) is 18.4 Å². The smallest absolute Gasteiger partial charge is 0.244 e. The number of nitrogens with two attached hydrogens (primary N) is 1. The van der Waals surface area contributed by atoms with Gasteiger partial charge >= 0.3 is 0 Å². The molecule has 0 radical (unpaired) electrons. The van der Waals surface area contributed by atoms with Crippen molar-refractivity contribution in [1.29, 1.82) is 0 Å². The number of sulfonamides is 2. The Bertz CT molecular complexity index is 1100. The van der Waals surface area contributed by atoms with Gasteiger partial charge in [-0.1, -0.05) is 31.7 Å². The Morgan fingerprint density at radius 1 is 1.13 bits per heavy atom. The highest BCUT2D eigenvalue weighted by molar-refractivity contribution is 8.00. The normalized spacial score (nSPS) is 13.2. The minimum Gasteiger partial charge on any atom is -0.325 e. The highest BCUT2D eigenvalue weighted by Crippen LogP contribution is 2.24. The molecule has 164 valence electrons. The second-order valence-corrected chi connectivity index (χ2v) is 11.1. The highest BCUT2D eigenvalue weighted by Gasteiger charge is 2.22. The maximum Gasteiger partial charge on any atom is 0.244 e. The maximum absolute atomic E-state index is 12.5. The monoisotopic (exact) mass is 472 g/mol. The molecule has 2 aromatic rings. The zero-order valence-corrected chi connectivity index (χ0v) is 19.2. The number of nitrogens with zero attached hydrogens (tertiary/aromatic N) is 2. The highest BCUT2D eigenvalue weighted by atomic mass is 32.2. The molecule has 1 aromatic carbocycles. The molecule has 1 heterocycles. The second kappa shape index (κ2) is 9.88. The minimum atomic E-state index is -3.88. The Morgan fingerprint density at radius 3 is 2.33 bits per heavy atom. The summed E-state index contributed by atoms with van der Waals surface area (Å²) >= 11 is 1.15. The van der Waals surface area contributed by atoms with E-state index in [0.29, 0.717) is 23.8 Å². The van der Waals surface area contributed by atoms with Crippen LogP contribution >= 0.6 is 11.8 Å². The molecule has 0 saturated carbocycles. The van der Waals surface area contributed by atoms with Gasteiger partial charge in [0.25, 0.3) is 0 Å². The third-order valence-corrected chi connectivity index (χ3v) is 8.14. The summed E-state index contributed by atoms with van der Waals surface area (Å²) in [6.45, 7) is 5.90. The fourth-order valence-electron chi connectivity index (χ4n) is 2.53. The van der Waals surface area contributed by atoms with Gasteiger partial charge in [0.05, 0.1) is 15.2 Å². The number of rotatable bonds is 9. The van der Waals surface area contributed by atoms with Crippen molar-refractivity contribution in [3.63, 3.8) is 0 Å². The van der Waals surface area contributed by atoms with Gasteiger partial charge in [0.2, 0.25) is 26.0 Å². The average molecular weight is 473 g/mol. The Balaban J connectivity index is 2.07. The number of carbonyl (C=O) groups is 1. The molecule has 2 rings (SSSR count). The SMILES string of the molecule is CCN(CC)S(=O)(=O)c1ccc(S[C@H](C)C(=O)Nc2cccc(S(N)(=O)=O)c2)nc1. The van der Waals surface area contributed by atoms with Crippen LogP contribution in [-0.2, 0) is 24.8 Å². The van der Waals surface area contributed by atoms with Gasteiger partial charge in [0, 0.05) is 25.0 Å². The van der Waals surface area contributed by atoms with Crippen LogP contribution in [0.4, 0.5) is 5.69 Å². The van der Waals surface area contributed by atoms with E-state index in [2.05, 4.69) is 10.3 Å². The molecule has 30 heavy (non-hydrogen) atoms. The van der Waals surface area contributed by atoms with Gasteiger partial charge in [0.15, 0.2) is 0 Å². The van der Waals surface area contributed by atoms with Gasteiger partial charge in [-0.05, 0) is 37.3 Å². The second-order valence-electron chi connectivity index (χ2n) is 6.24. The number of primary sulfonamides is 1. The van der Waals surface area contributed by atoms with Crippen LogP contribution in [0.25, 0.3) is 0 Å². The predicted molar refractivity (Wildman–Crippen MR) is 116 cm³/mol. The molecule has 9 nitrogen and oxygen atoms in total. The maximum atomic E-state index is 12.5. The summed E-state index contributed by atoms with van der Waals surface area (Å²) in [4.78, 5) is 16.6. The fourth-order valence-corrected chi connectivity index (χ4v) is 5.28. The predicted octanol–water partition coefficient (Wildman–Crippen LogP) is 1.88. The van der Waals surface area contributed by atoms with Gasteiger partial charge in [-0.2, -0.15) is 4.31 Å². The number of thioether (sulfide) groups is 1.